The van der Waals surface area contributed by atoms with Gasteiger partial charge in [-0.1, -0.05) is 23.7 Å². The van der Waals surface area contributed by atoms with E-state index in [1.807, 2.05) is 30.3 Å². The van der Waals surface area contributed by atoms with Gasteiger partial charge in [-0.05, 0) is 36.2 Å². The van der Waals surface area contributed by atoms with Crippen LogP contribution in [0.4, 0.5) is 0 Å². The number of likely N-dealkylation sites (tertiary alicyclic amines) is 1. The summed E-state index contributed by atoms with van der Waals surface area (Å²) in [7, 11) is 1.48. The van der Waals surface area contributed by atoms with E-state index in [4.69, 9.17) is 16.3 Å². The van der Waals surface area contributed by atoms with Crippen molar-refractivity contribution in [2.24, 2.45) is 5.41 Å². The number of carboxylic acids is 1. The number of ether oxygens (including phenoxy) is 1. The lowest BCUT2D eigenvalue weighted by molar-refractivity contribution is -0.151. The first-order valence-electron chi connectivity index (χ1n) is 7.82. The SMILES string of the molecule is COCC1(C(=O)O)CCN(C(=O)c2ccc(-c3ccc(Cl)cc3)s2)C1. The number of hydrogen-bond acceptors (Lipinski definition) is 4. The van der Waals surface area contributed by atoms with Gasteiger partial charge in [0, 0.05) is 30.1 Å². The van der Waals surface area contributed by atoms with Crippen LogP contribution in [0.25, 0.3) is 10.4 Å². The highest BCUT2D eigenvalue weighted by atomic mass is 35.5. The van der Waals surface area contributed by atoms with E-state index < -0.39 is 11.4 Å². The molecule has 1 aliphatic heterocycles. The first-order valence-corrected chi connectivity index (χ1v) is 9.02. The van der Waals surface area contributed by atoms with E-state index in [-0.39, 0.29) is 19.1 Å². The zero-order chi connectivity index (χ0) is 18.0. The molecule has 1 atom stereocenters. The maximum absolute atomic E-state index is 12.7. The van der Waals surface area contributed by atoms with Gasteiger partial charge < -0.3 is 14.7 Å². The van der Waals surface area contributed by atoms with Crippen LogP contribution >= 0.6 is 22.9 Å². The fourth-order valence-electron chi connectivity index (χ4n) is 3.05. The number of rotatable bonds is 5. The van der Waals surface area contributed by atoms with Gasteiger partial charge in [0.1, 0.15) is 5.41 Å². The molecule has 1 N–H and O–H groups in total. The lowest BCUT2D eigenvalue weighted by atomic mass is 9.88. The van der Waals surface area contributed by atoms with Crippen LogP contribution in [0.3, 0.4) is 0 Å². The van der Waals surface area contributed by atoms with Crippen LogP contribution < -0.4 is 0 Å². The third-order valence-corrected chi connectivity index (χ3v) is 5.84. The molecule has 1 amide bonds. The second kappa shape index (κ2) is 7.15. The summed E-state index contributed by atoms with van der Waals surface area (Å²) in [5, 5.41) is 10.2. The Balaban J connectivity index is 1.76. The smallest absolute Gasteiger partial charge is 0.313 e. The van der Waals surface area contributed by atoms with Crippen LogP contribution in [0.2, 0.25) is 5.02 Å². The number of nitrogens with zero attached hydrogens (tertiary/aromatic N) is 1. The quantitative estimate of drug-likeness (QED) is 0.861. The molecule has 5 nitrogen and oxygen atoms in total. The van der Waals surface area contributed by atoms with E-state index in [2.05, 4.69) is 0 Å². The minimum absolute atomic E-state index is 0.104. The first kappa shape index (κ1) is 17.9. The number of methoxy groups -OCH3 is 1. The van der Waals surface area contributed by atoms with Gasteiger partial charge in [-0.25, -0.2) is 0 Å². The number of halogens is 1. The number of carbonyl (C=O) groups is 2. The Labute approximate surface area is 154 Å². The second-order valence-corrected chi connectivity index (χ2v) is 7.69. The van der Waals surface area contributed by atoms with Crippen molar-refractivity contribution in [1.82, 2.24) is 4.90 Å². The maximum atomic E-state index is 12.7. The Morgan fingerprint density at radius 2 is 2.00 bits per heavy atom. The molecule has 132 valence electrons. The molecule has 0 spiro atoms. The molecule has 0 saturated carbocycles. The van der Waals surface area contributed by atoms with Crippen LogP contribution in [-0.4, -0.2) is 48.7 Å². The van der Waals surface area contributed by atoms with Crippen molar-refractivity contribution in [3.8, 4) is 10.4 Å². The van der Waals surface area contributed by atoms with Crippen molar-refractivity contribution in [2.75, 3.05) is 26.8 Å². The van der Waals surface area contributed by atoms with E-state index >= 15 is 0 Å². The van der Waals surface area contributed by atoms with Crippen molar-refractivity contribution in [1.29, 1.82) is 0 Å². The van der Waals surface area contributed by atoms with Crippen molar-refractivity contribution in [3.05, 3.63) is 46.3 Å². The predicted octanol–water partition coefficient (Wildman–Crippen LogP) is 3.63. The van der Waals surface area contributed by atoms with E-state index in [9.17, 15) is 14.7 Å². The molecule has 7 heteroatoms. The Kier molecular flexibility index (Phi) is 5.13. The number of benzene rings is 1. The number of amides is 1. The molecular weight excluding hydrogens is 362 g/mol. The molecule has 1 unspecified atom stereocenters. The fraction of sp³-hybridized carbons (Fsp3) is 0.333. The molecule has 2 heterocycles. The lowest BCUT2D eigenvalue weighted by Gasteiger charge is -2.23. The third kappa shape index (κ3) is 3.56. The number of thiophene rings is 1. The molecule has 1 aliphatic rings. The van der Waals surface area contributed by atoms with E-state index in [0.717, 1.165) is 10.4 Å². The van der Waals surface area contributed by atoms with E-state index in [1.54, 1.807) is 11.0 Å². The molecule has 3 rings (SSSR count). The van der Waals surface area contributed by atoms with Gasteiger partial charge >= 0.3 is 5.97 Å². The van der Waals surface area contributed by atoms with Gasteiger partial charge in [-0.15, -0.1) is 11.3 Å². The van der Waals surface area contributed by atoms with Crippen LogP contribution in [0.15, 0.2) is 36.4 Å². The summed E-state index contributed by atoms with van der Waals surface area (Å²) in [6.07, 6.45) is 0.400. The van der Waals surface area contributed by atoms with Crippen molar-refractivity contribution < 1.29 is 19.4 Å². The van der Waals surface area contributed by atoms with Gasteiger partial charge in [0.15, 0.2) is 0 Å². The first-order chi connectivity index (χ1) is 11.9. The summed E-state index contributed by atoms with van der Waals surface area (Å²) >= 11 is 7.30. The molecular formula is C18H18ClNO4S. The molecule has 0 bridgehead atoms. The van der Waals surface area contributed by atoms with Gasteiger partial charge in [-0.2, -0.15) is 0 Å². The topological polar surface area (TPSA) is 66.8 Å². The molecule has 1 aromatic heterocycles. The van der Waals surface area contributed by atoms with Crippen LogP contribution in [-0.2, 0) is 9.53 Å². The minimum atomic E-state index is -1.01. The lowest BCUT2D eigenvalue weighted by Crippen LogP contribution is -2.40. The van der Waals surface area contributed by atoms with Gasteiger partial charge in [0.25, 0.3) is 5.91 Å². The molecule has 1 aromatic carbocycles. The Morgan fingerprint density at radius 3 is 2.64 bits per heavy atom. The summed E-state index contributed by atoms with van der Waals surface area (Å²) in [4.78, 5) is 27.5. The van der Waals surface area contributed by atoms with E-state index in [0.29, 0.717) is 22.9 Å². The van der Waals surface area contributed by atoms with E-state index in [1.165, 1.54) is 18.4 Å². The summed E-state index contributed by atoms with van der Waals surface area (Å²) in [5.74, 6) is -1.05. The molecule has 1 saturated heterocycles. The van der Waals surface area contributed by atoms with Crippen LogP contribution in [0.5, 0.6) is 0 Å². The second-order valence-electron chi connectivity index (χ2n) is 6.17. The third-order valence-electron chi connectivity index (χ3n) is 4.46. The average molecular weight is 380 g/mol. The Bertz CT molecular complexity index is 789. The predicted molar refractivity (Wildman–Crippen MR) is 97.2 cm³/mol. The number of hydrogen-bond donors (Lipinski definition) is 1. The highest BCUT2D eigenvalue weighted by Crippen LogP contribution is 2.34. The van der Waals surface area contributed by atoms with Gasteiger partial charge in [0.2, 0.25) is 0 Å². The average Bonchev–Trinajstić information content (AvgIpc) is 3.23. The molecule has 1 fully saturated rings. The number of aliphatic carboxylic acids is 1. The Morgan fingerprint density at radius 1 is 1.28 bits per heavy atom. The van der Waals surface area contributed by atoms with Crippen LogP contribution in [0.1, 0.15) is 16.1 Å². The molecule has 25 heavy (non-hydrogen) atoms. The normalized spacial score (nSPS) is 20.0. The van der Waals surface area contributed by atoms with Crippen molar-refractivity contribution >= 4 is 34.8 Å². The monoisotopic (exact) mass is 379 g/mol. The fourth-order valence-corrected chi connectivity index (χ4v) is 4.16. The number of carbonyl (C=O) groups excluding carboxylic acids is 1. The summed E-state index contributed by atoms with van der Waals surface area (Å²) in [6, 6.07) is 11.1. The van der Waals surface area contributed by atoms with Crippen molar-refractivity contribution in [2.45, 2.75) is 6.42 Å². The minimum Gasteiger partial charge on any atom is -0.481 e. The molecule has 2 aromatic rings. The van der Waals surface area contributed by atoms with Crippen LogP contribution in [0, 0.1) is 5.41 Å². The summed E-state index contributed by atoms with van der Waals surface area (Å²) in [5.41, 5.74) is -0.0186. The maximum Gasteiger partial charge on any atom is 0.313 e. The number of carboxylic acid groups (broad SMARTS) is 1. The zero-order valence-electron chi connectivity index (χ0n) is 13.7. The largest absolute Gasteiger partial charge is 0.481 e. The molecule has 0 radical (unpaired) electrons. The van der Waals surface area contributed by atoms with Gasteiger partial charge in [-0.3, -0.25) is 9.59 Å². The van der Waals surface area contributed by atoms with Crippen molar-refractivity contribution in [3.63, 3.8) is 0 Å². The standard InChI is InChI=1S/C18H18ClNO4S/c1-24-11-18(17(22)23)8-9-20(10-18)16(21)15-7-6-14(25-15)12-2-4-13(19)5-3-12/h2-7H,8-11H2,1H3,(H,22,23). The summed E-state index contributed by atoms with van der Waals surface area (Å²) < 4.78 is 5.07. The summed E-state index contributed by atoms with van der Waals surface area (Å²) in [6.45, 7) is 0.693. The highest BCUT2D eigenvalue weighted by molar-refractivity contribution is 7.17. The molecule has 0 aliphatic carbocycles. The zero-order valence-corrected chi connectivity index (χ0v) is 15.3. The van der Waals surface area contributed by atoms with Gasteiger partial charge in [0.05, 0.1) is 11.5 Å². The highest BCUT2D eigenvalue weighted by Gasteiger charge is 2.46. The Hall–Kier alpha value is -1.89.